The lowest BCUT2D eigenvalue weighted by molar-refractivity contribution is -0.139. The van der Waals surface area contributed by atoms with Gasteiger partial charge in [-0.15, -0.1) is 6.58 Å². The van der Waals surface area contributed by atoms with Gasteiger partial charge >= 0.3 is 6.18 Å². The van der Waals surface area contributed by atoms with E-state index >= 15 is 0 Å². The quantitative estimate of drug-likeness (QED) is 0.635. The number of aryl methyl sites for hydroxylation is 2. The second kappa shape index (κ2) is 6.90. The summed E-state index contributed by atoms with van der Waals surface area (Å²) in [5.74, 6) is -0.376. The number of carbonyl (C=O) groups is 1. The Bertz CT molecular complexity index is 990. The fraction of sp³-hybridized carbons (Fsp3) is 0.278. The molecule has 142 valence electrons. The van der Waals surface area contributed by atoms with E-state index in [9.17, 15) is 18.0 Å². The third-order valence-corrected chi connectivity index (χ3v) is 3.98. The van der Waals surface area contributed by atoms with E-state index in [1.165, 1.54) is 23.1 Å². The van der Waals surface area contributed by atoms with Gasteiger partial charge in [-0.3, -0.25) is 9.48 Å². The Kier molecular flexibility index (Phi) is 4.77. The average molecular weight is 378 g/mol. The fourth-order valence-corrected chi connectivity index (χ4v) is 2.93. The standard InChI is InChI=1S/C18H17F3N4O2/c1-4-7-25(10-18(19,20)21)17(26)12-9-13(14-6-5-8-27-14)22-16-15(12)11(2)23-24(16)3/h4-6,8-9H,1,7,10H2,2-3H3. The summed E-state index contributed by atoms with van der Waals surface area (Å²) >= 11 is 0. The molecular formula is C18H17F3N4O2. The first-order valence-electron chi connectivity index (χ1n) is 8.06. The van der Waals surface area contributed by atoms with Crippen molar-refractivity contribution >= 4 is 16.9 Å². The first-order valence-corrected chi connectivity index (χ1v) is 8.06. The second-order valence-electron chi connectivity index (χ2n) is 6.03. The monoisotopic (exact) mass is 378 g/mol. The highest BCUT2D eigenvalue weighted by Gasteiger charge is 2.34. The van der Waals surface area contributed by atoms with Crippen molar-refractivity contribution in [1.29, 1.82) is 0 Å². The van der Waals surface area contributed by atoms with Crippen molar-refractivity contribution in [2.24, 2.45) is 7.05 Å². The highest BCUT2D eigenvalue weighted by atomic mass is 19.4. The summed E-state index contributed by atoms with van der Waals surface area (Å²) in [5.41, 5.74) is 1.31. The molecule has 0 saturated carbocycles. The van der Waals surface area contributed by atoms with Gasteiger partial charge in [0.1, 0.15) is 12.2 Å². The van der Waals surface area contributed by atoms with E-state index in [4.69, 9.17) is 4.42 Å². The number of pyridine rings is 1. The summed E-state index contributed by atoms with van der Waals surface area (Å²) in [6, 6.07) is 4.75. The van der Waals surface area contributed by atoms with E-state index in [1.54, 1.807) is 26.1 Å². The largest absolute Gasteiger partial charge is 0.463 e. The van der Waals surface area contributed by atoms with Crippen molar-refractivity contribution in [2.75, 3.05) is 13.1 Å². The smallest absolute Gasteiger partial charge is 0.406 e. The van der Waals surface area contributed by atoms with Crippen LogP contribution in [0.2, 0.25) is 0 Å². The molecule has 6 nitrogen and oxygen atoms in total. The van der Waals surface area contributed by atoms with E-state index in [-0.39, 0.29) is 12.1 Å². The summed E-state index contributed by atoms with van der Waals surface area (Å²) in [6.45, 7) is 3.50. The van der Waals surface area contributed by atoms with Gasteiger partial charge in [0.2, 0.25) is 0 Å². The summed E-state index contributed by atoms with van der Waals surface area (Å²) in [4.78, 5) is 18.1. The van der Waals surface area contributed by atoms with Crippen molar-refractivity contribution in [3.8, 4) is 11.5 Å². The van der Waals surface area contributed by atoms with Crippen LogP contribution in [0.3, 0.4) is 0 Å². The summed E-state index contributed by atoms with van der Waals surface area (Å²) in [5, 5.41) is 4.66. The molecule has 27 heavy (non-hydrogen) atoms. The molecule has 9 heteroatoms. The number of nitrogens with zero attached hydrogens (tertiary/aromatic N) is 4. The number of carbonyl (C=O) groups excluding carboxylic acids is 1. The molecule has 0 saturated heterocycles. The van der Waals surface area contributed by atoms with Crippen LogP contribution in [-0.2, 0) is 7.05 Å². The van der Waals surface area contributed by atoms with E-state index < -0.39 is 18.6 Å². The minimum Gasteiger partial charge on any atom is -0.463 e. The van der Waals surface area contributed by atoms with E-state index in [0.29, 0.717) is 33.1 Å². The van der Waals surface area contributed by atoms with Crippen LogP contribution in [0.25, 0.3) is 22.5 Å². The Morgan fingerprint density at radius 2 is 2.19 bits per heavy atom. The van der Waals surface area contributed by atoms with Crippen LogP contribution in [0.1, 0.15) is 16.1 Å². The van der Waals surface area contributed by atoms with Crippen molar-refractivity contribution in [3.05, 3.63) is 48.4 Å². The van der Waals surface area contributed by atoms with Crippen LogP contribution in [0.5, 0.6) is 0 Å². The molecule has 0 aromatic carbocycles. The van der Waals surface area contributed by atoms with Crippen molar-refractivity contribution < 1.29 is 22.4 Å². The minimum atomic E-state index is -4.53. The molecule has 1 amide bonds. The van der Waals surface area contributed by atoms with Gasteiger partial charge < -0.3 is 9.32 Å². The lowest BCUT2D eigenvalue weighted by Gasteiger charge is -2.23. The Labute approximate surface area is 152 Å². The lowest BCUT2D eigenvalue weighted by atomic mass is 10.1. The first-order chi connectivity index (χ1) is 12.7. The Balaban J connectivity index is 2.18. The van der Waals surface area contributed by atoms with Crippen LogP contribution in [-0.4, -0.2) is 44.8 Å². The first kappa shape index (κ1) is 18.7. The maximum Gasteiger partial charge on any atom is 0.406 e. The van der Waals surface area contributed by atoms with Crippen LogP contribution in [0.15, 0.2) is 41.5 Å². The third-order valence-electron chi connectivity index (χ3n) is 3.98. The Morgan fingerprint density at radius 1 is 1.44 bits per heavy atom. The third kappa shape index (κ3) is 3.71. The maximum atomic E-state index is 13.0. The summed E-state index contributed by atoms with van der Waals surface area (Å²) in [7, 11) is 1.65. The highest BCUT2D eigenvalue weighted by Crippen LogP contribution is 2.29. The number of aromatic nitrogens is 3. The molecule has 0 fully saturated rings. The van der Waals surface area contributed by atoms with Gasteiger partial charge in [0.05, 0.1) is 22.9 Å². The van der Waals surface area contributed by atoms with Crippen molar-refractivity contribution in [2.45, 2.75) is 13.1 Å². The fourth-order valence-electron chi connectivity index (χ4n) is 2.93. The molecule has 0 radical (unpaired) electrons. The summed E-state index contributed by atoms with van der Waals surface area (Å²) in [6.07, 6.45) is -1.82. The van der Waals surface area contributed by atoms with E-state index in [0.717, 1.165) is 0 Å². The number of fused-ring (bicyclic) bond motifs is 1. The highest BCUT2D eigenvalue weighted by molar-refractivity contribution is 6.07. The number of furan rings is 1. The van der Waals surface area contributed by atoms with Gasteiger partial charge in [-0.1, -0.05) is 6.08 Å². The molecule has 0 unspecified atom stereocenters. The van der Waals surface area contributed by atoms with Gasteiger partial charge in [-0.05, 0) is 25.1 Å². The summed E-state index contributed by atoms with van der Waals surface area (Å²) < 4.78 is 45.6. The molecule has 0 N–H and O–H groups in total. The molecule has 3 aromatic heterocycles. The zero-order valence-electron chi connectivity index (χ0n) is 14.7. The number of hydrogen-bond acceptors (Lipinski definition) is 4. The topological polar surface area (TPSA) is 64.2 Å². The molecule has 0 aliphatic heterocycles. The van der Waals surface area contributed by atoms with Crippen LogP contribution >= 0.6 is 0 Å². The predicted octanol–water partition coefficient (Wildman–Crippen LogP) is 3.73. The molecule has 3 aromatic rings. The average Bonchev–Trinajstić information content (AvgIpc) is 3.21. The molecule has 3 heterocycles. The van der Waals surface area contributed by atoms with Crippen LogP contribution in [0, 0.1) is 6.92 Å². The minimum absolute atomic E-state index is 0.0862. The van der Waals surface area contributed by atoms with Crippen LogP contribution in [0.4, 0.5) is 13.2 Å². The Morgan fingerprint density at radius 3 is 2.78 bits per heavy atom. The maximum absolute atomic E-state index is 13.0. The molecule has 3 rings (SSSR count). The van der Waals surface area contributed by atoms with E-state index in [1.807, 2.05) is 0 Å². The number of rotatable bonds is 5. The number of amides is 1. The van der Waals surface area contributed by atoms with E-state index in [2.05, 4.69) is 16.7 Å². The number of halogens is 3. The molecular weight excluding hydrogens is 361 g/mol. The van der Waals surface area contributed by atoms with Gasteiger partial charge in [0.25, 0.3) is 5.91 Å². The number of hydrogen-bond donors (Lipinski definition) is 0. The van der Waals surface area contributed by atoms with Gasteiger partial charge in [0.15, 0.2) is 11.4 Å². The van der Waals surface area contributed by atoms with Gasteiger partial charge in [-0.2, -0.15) is 18.3 Å². The Hall–Kier alpha value is -3.10. The second-order valence-corrected chi connectivity index (χ2v) is 6.03. The zero-order valence-corrected chi connectivity index (χ0v) is 14.7. The SMILES string of the molecule is C=CCN(CC(F)(F)F)C(=O)c1cc(-c2ccco2)nc2c1c(C)nn2C. The predicted molar refractivity (Wildman–Crippen MR) is 93.1 cm³/mol. The van der Waals surface area contributed by atoms with Crippen molar-refractivity contribution in [3.63, 3.8) is 0 Å². The lowest BCUT2D eigenvalue weighted by Crippen LogP contribution is -2.39. The molecule has 0 aliphatic carbocycles. The molecule has 0 atom stereocenters. The zero-order chi connectivity index (χ0) is 19.8. The molecule has 0 aliphatic rings. The van der Waals surface area contributed by atoms with Crippen LogP contribution < -0.4 is 0 Å². The number of alkyl halides is 3. The molecule has 0 spiro atoms. The van der Waals surface area contributed by atoms with Gasteiger partial charge in [0, 0.05) is 13.6 Å². The van der Waals surface area contributed by atoms with Crippen molar-refractivity contribution in [1.82, 2.24) is 19.7 Å². The normalized spacial score (nSPS) is 11.7. The van der Waals surface area contributed by atoms with Gasteiger partial charge in [-0.25, -0.2) is 4.98 Å². The molecule has 0 bridgehead atoms.